The van der Waals surface area contributed by atoms with Gasteiger partial charge in [0.1, 0.15) is 5.75 Å². The molecule has 0 spiro atoms. The lowest BCUT2D eigenvalue weighted by atomic mass is 10.1. The van der Waals surface area contributed by atoms with E-state index >= 15 is 0 Å². The second-order valence-corrected chi connectivity index (χ2v) is 5.99. The molecule has 24 heavy (non-hydrogen) atoms. The van der Waals surface area contributed by atoms with Crippen molar-refractivity contribution in [2.45, 2.75) is 11.7 Å². The number of carbonyl (C=O) groups excluding carboxylic acids is 1. The van der Waals surface area contributed by atoms with Gasteiger partial charge in [-0.2, -0.15) is 0 Å². The maximum Gasteiger partial charge on any atom is 0.210 e. The molecule has 0 aliphatic heterocycles. The standard InChI is InChI=1S/C17H16N4O2S/c1-23-15-9-7-14(8-10-15)16(22)12-24-17-18-19-20-21(17)11-13-5-3-2-4-6-13/h2-10H,11-12H2,1H3. The van der Waals surface area contributed by atoms with Crippen molar-refractivity contribution >= 4 is 17.5 Å². The van der Waals surface area contributed by atoms with Gasteiger partial charge in [-0.05, 0) is 40.3 Å². The topological polar surface area (TPSA) is 69.9 Å². The molecule has 0 unspecified atom stereocenters. The van der Waals surface area contributed by atoms with Crippen LogP contribution in [-0.2, 0) is 6.54 Å². The quantitative estimate of drug-likeness (QED) is 0.486. The number of Topliss-reactive ketones (excluding diaryl/α,β-unsaturated/α-hetero) is 1. The van der Waals surface area contributed by atoms with E-state index in [1.807, 2.05) is 30.3 Å². The number of tetrazole rings is 1. The van der Waals surface area contributed by atoms with Crippen molar-refractivity contribution in [3.63, 3.8) is 0 Å². The van der Waals surface area contributed by atoms with Crippen LogP contribution in [0.4, 0.5) is 0 Å². The molecule has 7 heteroatoms. The molecule has 0 amide bonds. The van der Waals surface area contributed by atoms with Crippen LogP contribution in [0.3, 0.4) is 0 Å². The van der Waals surface area contributed by atoms with E-state index in [0.717, 1.165) is 11.3 Å². The van der Waals surface area contributed by atoms with Crippen LogP contribution in [-0.4, -0.2) is 38.9 Å². The number of hydrogen-bond donors (Lipinski definition) is 0. The van der Waals surface area contributed by atoms with Crippen LogP contribution in [0.15, 0.2) is 59.8 Å². The predicted molar refractivity (Wildman–Crippen MR) is 91.4 cm³/mol. The molecule has 0 bridgehead atoms. The summed E-state index contributed by atoms with van der Waals surface area (Å²) in [6, 6.07) is 17.0. The van der Waals surface area contributed by atoms with Gasteiger partial charge in [0.25, 0.3) is 0 Å². The van der Waals surface area contributed by atoms with Gasteiger partial charge < -0.3 is 4.74 Å². The van der Waals surface area contributed by atoms with Crippen molar-refractivity contribution in [3.8, 4) is 5.75 Å². The van der Waals surface area contributed by atoms with E-state index in [4.69, 9.17) is 4.74 Å². The first-order valence-electron chi connectivity index (χ1n) is 7.36. The van der Waals surface area contributed by atoms with Crippen LogP contribution in [0.5, 0.6) is 5.75 Å². The molecule has 0 fully saturated rings. The third-order valence-corrected chi connectivity index (χ3v) is 4.38. The SMILES string of the molecule is COc1ccc(C(=O)CSc2nnnn2Cc2ccccc2)cc1. The molecule has 0 radical (unpaired) electrons. The predicted octanol–water partition coefficient (Wildman–Crippen LogP) is 2.71. The minimum absolute atomic E-state index is 0.0249. The number of ether oxygens (including phenoxy) is 1. The fourth-order valence-electron chi connectivity index (χ4n) is 2.15. The first-order chi connectivity index (χ1) is 11.8. The van der Waals surface area contributed by atoms with Gasteiger partial charge >= 0.3 is 0 Å². The summed E-state index contributed by atoms with van der Waals surface area (Å²) >= 11 is 1.33. The lowest BCUT2D eigenvalue weighted by Crippen LogP contribution is -2.07. The molecular formula is C17H16N4O2S. The Bertz CT molecular complexity index is 803. The van der Waals surface area contributed by atoms with Crippen LogP contribution in [0.1, 0.15) is 15.9 Å². The van der Waals surface area contributed by atoms with E-state index in [-0.39, 0.29) is 11.5 Å². The molecule has 1 heterocycles. The van der Waals surface area contributed by atoms with Crippen LogP contribution in [0.2, 0.25) is 0 Å². The van der Waals surface area contributed by atoms with E-state index in [1.54, 1.807) is 36.1 Å². The number of aromatic nitrogens is 4. The van der Waals surface area contributed by atoms with Gasteiger partial charge in [-0.15, -0.1) is 5.10 Å². The summed E-state index contributed by atoms with van der Waals surface area (Å²) in [7, 11) is 1.60. The van der Waals surface area contributed by atoms with Crippen LogP contribution in [0.25, 0.3) is 0 Å². The molecule has 0 saturated carbocycles. The summed E-state index contributed by atoms with van der Waals surface area (Å²) in [6.07, 6.45) is 0. The number of thioether (sulfide) groups is 1. The van der Waals surface area contributed by atoms with Gasteiger partial charge in [0.2, 0.25) is 5.16 Å². The zero-order valence-corrected chi connectivity index (χ0v) is 13.9. The Balaban J connectivity index is 1.62. The Hall–Kier alpha value is -2.67. The Morgan fingerprint density at radius 3 is 2.58 bits per heavy atom. The van der Waals surface area contributed by atoms with E-state index in [9.17, 15) is 4.79 Å². The van der Waals surface area contributed by atoms with Crippen molar-refractivity contribution in [3.05, 3.63) is 65.7 Å². The molecule has 3 rings (SSSR count). The summed E-state index contributed by atoms with van der Waals surface area (Å²) in [6.45, 7) is 0.576. The molecule has 2 aromatic carbocycles. The van der Waals surface area contributed by atoms with Gasteiger partial charge in [-0.25, -0.2) is 4.68 Å². The third kappa shape index (κ3) is 3.99. The van der Waals surface area contributed by atoms with E-state index in [2.05, 4.69) is 15.5 Å². The lowest BCUT2D eigenvalue weighted by molar-refractivity contribution is 0.102. The number of ketones is 1. The highest BCUT2D eigenvalue weighted by atomic mass is 32.2. The van der Waals surface area contributed by atoms with E-state index in [0.29, 0.717) is 17.3 Å². The van der Waals surface area contributed by atoms with Gasteiger partial charge in [-0.1, -0.05) is 42.1 Å². The van der Waals surface area contributed by atoms with Crippen molar-refractivity contribution in [1.82, 2.24) is 20.2 Å². The van der Waals surface area contributed by atoms with Crippen molar-refractivity contribution in [2.24, 2.45) is 0 Å². The minimum atomic E-state index is 0.0249. The zero-order chi connectivity index (χ0) is 16.8. The number of nitrogens with zero attached hydrogens (tertiary/aromatic N) is 4. The number of rotatable bonds is 7. The number of carbonyl (C=O) groups is 1. The molecule has 0 saturated heterocycles. The summed E-state index contributed by atoms with van der Waals surface area (Å²) in [4.78, 5) is 12.3. The third-order valence-electron chi connectivity index (χ3n) is 3.42. The van der Waals surface area contributed by atoms with Gasteiger partial charge in [0, 0.05) is 5.56 Å². The first kappa shape index (κ1) is 16.2. The van der Waals surface area contributed by atoms with Crippen LogP contribution >= 0.6 is 11.8 Å². The molecule has 0 aliphatic rings. The number of hydrogen-bond acceptors (Lipinski definition) is 6. The zero-order valence-electron chi connectivity index (χ0n) is 13.1. The maximum absolute atomic E-state index is 12.3. The molecule has 6 nitrogen and oxygen atoms in total. The Morgan fingerprint density at radius 2 is 1.88 bits per heavy atom. The van der Waals surface area contributed by atoms with Gasteiger partial charge in [0.15, 0.2) is 5.78 Å². The maximum atomic E-state index is 12.3. The highest BCUT2D eigenvalue weighted by Crippen LogP contribution is 2.18. The fraction of sp³-hybridized carbons (Fsp3) is 0.176. The Labute approximate surface area is 143 Å². The van der Waals surface area contributed by atoms with Crippen molar-refractivity contribution in [1.29, 1.82) is 0 Å². The highest BCUT2D eigenvalue weighted by Gasteiger charge is 2.12. The van der Waals surface area contributed by atoms with Gasteiger partial charge in [0.05, 0.1) is 19.4 Å². The Kier molecular flexibility index (Phi) is 5.22. The van der Waals surface area contributed by atoms with Crippen LogP contribution in [0, 0.1) is 0 Å². The summed E-state index contributed by atoms with van der Waals surface area (Å²) in [5.74, 6) is 1.03. The lowest BCUT2D eigenvalue weighted by Gasteiger charge is -2.05. The second kappa shape index (κ2) is 7.74. The summed E-state index contributed by atoms with van der Waals surface area (Å²) in [5, 5.41) is 12.3. The fourth-order valence-corrected chi connectivity index (χ4v) is 2.92. The molecular weight excluding hydrogens is 324 g/mol. The van der Waals surface area contributed by atoms with Crippen LogP contribution < -0.4 is 4.74 Å². The van der Waals surface area contributed by atoms with Crippen molar-refractivity contribution in [2.75, 3.05) is 12.9 Å². The van der Waals surface area contributed by atoms with Crippen molar-refractivity contribution < 1.29 is 9.53 Å². The second-order valence-electron chi connectivity index (χ2n) is 5.05. The number of methoxy groups -OCH3 is 1. The summed E-state index contributed by atoms with van der Waals surface area (Å²) < 4.78 is 6.79. The highest BCUT2D eigenvalue weighted by molar-refractivity contribution is 7.99. The van der Waals surface area contributed by atoms with E-state index in [1.165, 1.54) is 11.8 Å². The largest absolute Gasteiger partial charge is 0.497 e. The number of benzene rings is 2. The molecule has 122 valence electrons. The molecule has 0 atom stereocenters. The average Bonchev–Trinajstić information content (AvgIpc) is 3.07. The molecule has 0 aliphatic carbocycles. The average molecular weight is 340 g/mol. The molecule has 3 aromatic rings. The van der Waals surface area contributed by atoms with E-state index < -0.39 is 0 Å². The van der Waals surface area contributed by atoms with Gasteiger partial charge in [-0.3, -0.25) is 4.79 Å². The Morgan fingerprint density at radius 1 is 1.12 bits per heavy atom. The molecule has 0 N–H and O–H groups in total. The smallest absolute Gasteiger partial charge is 0.210 e. The summed E-state index contributed by atoms with van der Waals surface area (Å²) in [5.41, 5.74) is 1.75. The molecule has 1 aromatic heterocycles. The normalized spacial score (nSPS) is 10.5. The monoisotopic (exact) mass is 340 g/mol. The first-order valence-corrected chi connectivity index (χ1v) is 8.35. The minimum Gasteiger partial charge on any atom is -0.497 e.